The molecule has 0 aliphatic heterocycles. The summed E-state index contributed by atoms with van der Waals surface area (Å²) in [4.78, 5) is 8.09. The minimum Gasteiger partial charge on any atom is -0.365 e. The molecule has 0 aliphatic carbocycles. The molecule has 0 aliphatic rings. The largest absolute Gasteiger partial charge is 0.365 e. The molecule has 3 nitrogen and oxygen atoms in total. The van der Waals surface area contributed by atoms with Gasteiger partial charge in [-0.15, -0.1) is 0 Å². The van der Waals surface area contributed by atoms with Gasteiger partial charge in [-0.3, -0.25) is 4.98 Å². The lowest BCUT2D eigenvalue weighted by atomic mass is 10.2. The third-order valence-corrected chi connectivity index (χ3v) is 2.74. The van der Waals surface area contributed by atoms with Gasteiger partial charge < -0.3 is 5.32 Å². The van der Waals surface area contributed by atoms with E-state index in [-0.39, 0.29) is 0 Å². The van der Waals surface area contributed by atoms with E-state index in [4.69, 9.17) is 11.6 Å². The van der Waals surface area contributed by atoms with Crippen LogP contribution >= 0.6 is 23.4 Å². The van der Waals surface area contributed by atoms with E-state index < -0.39 is 0 Å². The first-order valence-corrected chi connectivity index (χ1v) is 6.26. The predicted molar refractivity (Wildman–Crippen MR) is 63.1 cm³/mol. The first-order valence-electron chi connectivity index (χ1n) is 4.49. The van der Waals surface area contributed by atoms with Gasteiger partial charge in [0.25, 0.3) is 0 Å². The number of halogens is 1. The maximum Gasteiger partial charge on any atom is 0.149 e. The molecule has 14 heavy (non-hydrogen) atoms. The minimum atomic E-state index is 0.425. The maximum atomic E-state index is 5.73. The van der Waals surface area contributed by atoms with Crippen molar-refractivity contribution in [2.45, 2.75) is 19.4 Å². The highest BCUT2D eigenvalue weighted by Crippen LogP contribution is 2.11. The highest BCUT2D eigenvalue weighted by Gasteiger charge is 2.05. The van der Waals surface area contributed by atoms with Gasteiger partial charge >= 0.3 is 0 Å². The van der Waals surface area contributed by atoms with E-state index in [0.29, 0.717) is 11.2 Å². The van der Waals surface area contributed by atoms with Crippen molar-refractivity contribution in [3.05, 3.63) is 17.5 Å². The molecule has 0 bridgehead atoms. The molecule has 1 unspecified atom stereocenters. The van der Waals surface area contributed by atoms with Gasteiger partial charge in [-0.1, -0.05) is 18.5 Å². The molecule has 1 atom stereocenters. The van der Waals surface area contributed by atoms with Crippen LogP contribution in [0.25, 0.3) is 0 Å². The number of nitrogens with zero attached hydrogens (tertiary/aromatic N) is 2. The monoisotopic (exact) mass is 231 g/mol. The van der Waals surface area contributed by atoms with Crippen LogP contribution in [0.1, 0.15) is 13.3 Å². The van der Waals surface area contributed by atoms with E-state index >= 15 is 0 Å². The molecular formula is C9H14ClN3S. The second-order valence-electron chi connectivity index (χ2n) is 2.93. The van der Waals surface area contributed by atoms with Gasteiger partial charge in [-0.25, -0.2) is 4.98 Å². The molecule has 0 aromatic carbocycles. The lowest BCUT2D eigenvalue weighted by Crippen LogP contribution is -2.21. The Morgan fingerprint density at radius 2 is 2.36 bits per heavy atom. The van der Waals surface area contributed by atoms with Crippen LogP contribution in [0.3, 0.4) is 0 Å². The third-order valence-electron chi connectivity index (χ3n) is 1.82. The zero-order valence-electron chi connectivity index (χ0n) is 8.33. The molecule has 1 N–H and O–H groups in total. The molecule has 1 aromatic heterocycles. The van der Waals surface area contributed by atoms with E-state index in [0.717, 1.165) is 18.0 Å². The quantitative estimate of drug-likeness (QED) is 0.846. The Morgan fingerprint density at radius 1 is 1.57 bits per heavy atom. The molecule has 1 rings (SSSR count). The van der Waals surface area contributed by atoms with Crippen LogP contribution in [0.2, 0.25) is 5.15 Å². The van der Waals surface area contributed by atoms with E-state index in [9.17, 15) is 0 Å². The zero-order valence-corrected chi connectivity index (χ0v) is 9.90. The van der Waals surface area contributed by atoms with Crippen LogP contribution in [0.5, 0.6) is 0 Å². The van der Waals surface area contributed by atoms with Gasteiger partial charge in [0.15, 0.2) is 0 Å². The summed E-state index contributed by atoms with van der Waals surface area (Å²) in [7, 11) is 0. The molecular weight excluding hydrogens is 218 g/mol. The highest BCUT2D eigenvalue weighted by atomic mass is 35.5. The smallest absolute Gasteiger partial charge is 0.149 e. The second-order valence-corrected chi connectivity index (χ2v) is 4.23. The fourth-order valence-electron chi connectivity index (χ4n) is 1.08. The number of aromatic nitrogens is 2. The molecule has 5 heteroatoms. The van der Waals surface area contributed by atoms with Crippen molar-refractivity contribution in [3.8, 4) is 0 Å². The summed E-state index contributed by atoms with van der Waals surface area (Å²) >= 11 is 7.54. The van der Waals surface area contributed by atoms with Crippen LogP contribution in [0.4, 0.5) is 5.82 Å². The molecule has 0 spiro atoms. The van der Waals surface area contributed by atoms with Crippen molar-refractivity contribution < 1.29 is 0 Å². The van der Waals surface area contributed by atoms with E-state index in [1.165, 1.54) is 6.20 Å². The summed E-state index contributed by atoms with van der Waals surface area (Å²) in [5.41, 5.74) is 0. The average molecular weight is 232 g/mol. The van der Waals surface area contributed by atoms with Crippen molar-refractivity contribution in [2.75, 3.05) is 17.3 Å². The summed E-state index contributed by atoms with van der Waals surface area (Å²) in [6.07, 6.45) is 6.38. The highest BCUT2D eigenvalue weighted by molar-refractivity contribution is 7.98. The molecule has 0 amide bonds. The van der Waals surface area contributed by atoms with Crippen molar-refractivity contribution in [1.29, 1.82) is 0 Å². The second kappa shape index (κ2) is 6.09. The van der Waals surface area contributed by atoms with Crippen LogP contribution in [-0.2, 0) is 0 Å². The Balaban J connectivity index is 2.57. The minimum absolute atomic E-state index is 0.425. The number of nitrogens with one attached hydrogen (secondary N) is 1. The first-order chi connectivity index (χ1) is 6.76. The topological polar surface area (TPSA) is 37.8 Å². The lowest BCUT2D eigenvalue weighted by molar-refractivity contribution is 0.768. The number of hydrogen-bond acceptors (Lipinski definition) is 4. The van der Waals surface area contributed by atoms with Gasteiger partial charge in [0.2, 0.25) is 0 Å². The summed E-state index contributed by atoms with van der Waals surface area (Å²) in [5, 5.41) is 3.72. The fraction of sp³-hybridized carbons (Fsp3) is 0.556. The Hall–Kier alpha value is -0.480. The molecule has 1 aromatic rings. The number of rotatable bonds is 5. The summed E-state index contributed by atoms with van der Waals surface area (Å²) in [5.74, 6) is 1.81. The van der Waals surface area contributed by atoms with Gasteiger partial charge in [-0.05, 0) is 12.7 Å². The standard InChI is InChI=1S/C9H14ClN3S/c1-3-7(6-14-2)12-9-5-11-4-8(10)13-9/h4-5,7H,3,6H2,1-2H3,(H,12,13). The molecule has 0 saturated heterocycles. The van der Waals surface area contributed by atoms with E-state index in [2.05, 4.69) is 28.5 Å². The fourth-order valence-corrected chi connectivity index (χ4v) is 1.95. The molecule has 0 fully saturated rings. The van der Waals surface area contributed by atoms with Gasteiger partial charge in [-0.2, -0.15) is 11.8 Å². The molecule has 1 heterocycles. The van der Waals surface area contributed by atoms with Crippen molar-refractivity contribution in [1.82, 2.24) is 9.97 Å². The Labute approximate surface area is 93.7 Å². The van der Waals surface area contributed by atoms with E-state index in [1.54, 1.807) is 6.20 Å². The third kappa shape index (κ3) is 3.72. The van der Waals surface area contributed by atoms with Crippen molar-refractivity contribution >= 4 is 29.2 Å². The average Bonchev–Trinajstić information content (AvgIpc) is 2.17. The normalized spacial score (nSPS) is 12.5. The van der Waals surface area contributed by atoms with E-state index in [1.807, 2.05) is 11.8 Å². The first kappa shape index (κ1) is 11.6. The lowest BCUT2D eigenvalue weighted by Gasteiger charge is -2.15. The Morgan fingerprint density at radius 3 is 2.93 bits per heavy atom. The van der Waals surface area contributed by atoms with Crippen molar-refractivity contribution in [2.24, 2.45) is 0 Å². The maximum absolute atomic E-state index is 5.73. The van der Waals surface area contributed by atoms with Gasteiger partial charge in [0, 0.05) is 11.8 Å². The van der Waals surface area contributed by atoms with Crippen LogP contribution in [-0.4, -0.2) is 28.0 Å². The Kier molecular flexibility index (Phi) is 5.04. The predicted octanol–water partition coefficient (Wildman–Crippen LogP) is 2.68. The summed E-state index contributed by atoms with van der Waals surface area (Å²) in [6, 6.07) is 0.428. The van der Waals surface area contributed by atoms with Crippen LogP contribution in [0, 0.1) is 0 Å². The number of anilines is 1. The van der Waals surface area contributed by atoms with Crippen LogP contribution < -0.4 is 5.32 Å². The van der Waals surface area contributed by atoms with Crippen LogP contribution in [0.15, 0.2) is 12.4 Å². The van der Waals surface area contributed by atoms with Gasteiger partial charge in [0.05, 0.1) is 12.4 Å². The SMILES string of the molecule is CCC(CSC)Nc1cncc(Cl)n1. The Bertz CT molecular complexity index is 283. The number of hydrogen-bond donors (Lipinski definition) is 1. The van der Waals surface area contributed by atoms with Gasteiger partial charge in [0.1, 0.15) is 11.0 Å². The summed E-state index contributed by atoms with van der Waals surface area (Å²) < 4.78 is 0. The molecule has 0 saturated carbocycles. The number of thioether (sulfide) groups is 1. The summed E-state index contributed by atoms with van der Waals surface area (Å²) in [6.45, 7) is 2.14. The molecule has 0 radical (unpaired) electrons. The molecule has 78 valence electrons. The van der Waals surface area contributed by atoms with Crippen molar-refractivity contribution in [3.63, 3.8) is 0 Å². The zero-order chi connectivity index (χ0) is 10.4.